The van der Waals surface area contributed by atoms with Crippen molar-refractivity contribution in [2.45, 2.75) is 38.0 Å². The van der Waals surface area contributed by atoms with Gasteiger partial charge < -0.3 is 0 Å². The van der Waals surface area contributed by atoms with E-state index in [9.17, 15) is 0 Å². The van der Waals surface area contributed by atoms with Crippen molar-refractivity contribution in [2.24, 2.45) is 29.6 Å². The minimum atomic E-state index is 0.501. The van der Waals surface area contributed by atoms with Crippen molar-refractivity contribution in [3.8, 4) is 44.5 Å². The van der Waals surface area contributed by atoms with E-state index in [0.29, 0.717) is 5.92 Å². The van der Waals surface area contributed by atoms with Crippen LogP contribution in [0.2, 0.25) is 0 Å². The quantitative estimate of drug-likeness (QED) is 0.163. The predicted molar refractivity (Wildman–Crippen MR) is 223 cm³/mol. The van der Waals surface area contributed by atoms with Gasteiger partial charge in [-0.15, -0.1) is 0 Å². The van der Waals surface area contributed by atoms with E-state index < -0.39 is 0 Å². The van der Waals surface area contributed by atoms with E-state index >= 15 is 0 Å². The Bertz CT molecular complexity index is 2660. The average molecular weight is 679 g/mol. The van der Waals surface area contributed by atoms with Gasteiger partial charge in [-0.1, -0.05) is 146 Å². The maximum atomic E-state index is 2.60. The van der Waals surface area contributed by atoms with Gasteiger partial charge in [0.2, 0.25) is 0 Å². The highest BCUT2D eigenvalue weighted by atomic mass is 14.6. The molecule has 5 aliphatic rings. The molecule has 1 atom stereocenters. The molecule has 0 radical (unpaired) electrons. The Morgan fingerprint density at radius 3 is 1.53 bits per heavy atom. The molecule has 1 unspecified atom stereocenters. The highest BCUT2D eigenvalue weighted by Gasteiger charge is 2.52. The second-order valence-corrected chi connectivity index (χ2v) is 16.8. The summed E-state index contributed by atoms with van der Waals surface area (Å²) >= 11 is 0. The molecule has 0 heteroatoms. The summed E-state index contributed by atoms with van der Waals surface area (Å²) in [6.07, 6.45) is 7.35. The highest BCUT2D eigenvalue weighted by molar-refractivity contribution is 6.21. The zero-order valence-electron chi connectivity index (χ0n) is 30.0. The van der Waals surface area contributed by atoms with E-state index in [1.807, 2.05) is 0 Å². The van der Waals surface area contributed by atoms with E-state index in [-0.39, 0.29) is 0 Å². The summed E-state index contributed by atoms with van der Waals surface area (Å²) in [7, 11) is 0. The second-order valence-electron chi connectivity index (χ2n) is 16.8. The fraction of sp³-hybridized carbons (Fsp3) is 0.208. The minimum Gasteiger partial charge on any atom is -0.0622 e. The van der Waals surface area contributed by atoms with Crippen molar-refractivity contribution >= 4 is 32.3 Å². The third-order valence-corrected chi connectivity index (χ3v) is 14.1. The second kappa shape index (κ2) is 11.5. The lowest BCUT2D eigenvalue weighted by Crippen LogP contribution is -2.47. The van der Waals surface area contributed by atoms with E-state index in [4.69, 9.17) is 0 Å². The summed E-state index contributed by atoms with van der Waals surface area (Å²) in [6.45, 7) is 0. The lowest BCUT2D eigenvalue weighted by molar-refractivity contribution is -0.0424. The van der Waals surface area contributed by atoms with E-state index in [1.165, 1.54) is 109 Å². The van der Waals surface area contributed by atoms with Gasteiger partial charge in [-0.2, -0.15) is 0 Å². The van der Waals surface area contributed by atoms with Crippen molar-refractivity contribution in [3.63, 3.8) is 0 Å². The monoisotopic (exact) mass is 678 g/mol. The third-order valence-electron chi connectivity index (χ3n) is 14.1. The summed E-state index contributed by atoms with van der Waals surface area (Å²) in [5, 5.41) is 8.03. The Hall–Kier alpha value is -5.46. The summed E-state index contributed by atoms with van der Waals surface area (Å²) in [4.78, 5) is 0. The maximum absolute atomic E-state index is 2.60. The first-order valence-electron chi connectivity index (χ1n) is 20.0. The number of benzene rings is 8. The van der Waals surface area contributed by atoms with Gasteiger partial charge >= 0.3 is 0 Å². The van der Waals surface area contributed by atoms with Crippen LogP contribution in [-0.4, -0.2) is 0 Å². The maximum Gasteiger partial charge on any atom is 0.0135 e. The fourth-order valence-corrected chi connectivity index (χ4v) is 12.4. The molecule has 0 saturated heterocycles. The van der Waals surface area contributed by atoms with Gasteiger partial charge in [0.25, 0.3) is 0 Å². The Morgan fingerprint density at radius 2 is 0.868 bits per heavy atom. The minimum absolute atomic E-state index is 0.501. The van der Waals surface area contributed by atoms with Crippen LogP contribution in [0.4, 0.5) is 0 Å². The van der Waals surface area contributed by atoms with Gasteiger partial charge in [-0.05, 0) is 162 Å². The van der Waals surface area contributed by atoms with E-state index in [2.05, 4.69) is 158 Å². The van der Waals surface area contributed by atoms with Crippen molar-refractivity contribution in [3.05, 3.63) is 169 Å². The molecule has 4 bridgehead atoms. The molecule has 0 aromatic heterocycles. The number of fused-ring (bicyclic) bond motifs is 7. The molecule has 4 fully saturated rings. The van der Waals surface area contributed by atoms with Crippen molar-refractivity contribution < 1.29 is 0 Å². The molecule has 8 aromatic carbocycles. The van der Waals surface area contributed by atoms with Crippen LogP contribution in [0.3, 0.4) is 0 Å². The van der Waals surface area contributed by atoms with Crippen LogP contribution in [0.15, 0.2) is 158 Å². The van der Waals surface area contributed by atoms with Gasteiger partial charge in [0.05, 0.1) is 0 Å². The Balaban J connectivity index is 1.08. The number of rotatable bonds is 4. The average Bonchev–Trinajstić information content (AvgIpc) is 3.53. The number of hydrogen-bond donors (Lipinski definition) is 0. The van der Waals surface area contributed by atoms with Crippen LogP contribution in [0.5, 0.6) is 0 Å². The standard InChI is InChI=1S/C53H42/c1-2-11-34(12-3-1)36-14-10-15-37(30-36)50-42-17-6-8-19-44(42)51(45-20-9-7-18-43(45)50)38-22-23-46-48(31-38)52-41-16-5-4-13-35(41)21-24-47(52)53(46)49-39-26-32-25-33(28-39)29-40(49)27-32/h1-24,30-33,39-40,49,53H,25-29H2. The molecule has 0 heterocycles. The fourth-order valence-electron chi connectivity index (χ4n) is 12.4. The zero-order chi connectivity index (χ0) is 34.6. The van der Waals surface area contributed by atoms with Crippen LogP contribution in [0, 0.1) is 29.6 Å². The normalized spacial score (nSPS) is 23.8. The van der Waals surface area contributed by atoms with Crippen LogP contribution in [-0.2, 0) is 0 Å². The van der Waals surface area contributed by atoms with Gasteiger partial charge in [-0.3, -0.25) is 0 Å². The lowest BCUT2D eigenvalue weighted by Gasteiger charge is -2.56. The Labute approximate surface area is 312 Å². The van der Waals surface area contributed by atoms with Crippen LogP contribution >= 0.6 is 0 Å². The highest BCUT2D eigenvalue weighted by Crippen LogP contribution is 2.64. The van der Waals surface area contributed by atoms with Crippen molar-refractivity contribution in [1.29, 1.82) is 0 Å². The molecule has 0 N–H and O–H groups in total. The molecule has 8 aromatic rings. The molecular formula is C53H42. The Morgan fingerprint density at radius 1 is 0.340 bits per heavy atom. The van der Waals surface area contributed by atoms with Gasteiger partial charge in [-0.25, -0.2) is 0 Å². The Kier molecular flexibility index (Phi) is 6.53. The largest absolute Gasteiger partial charge is 0.0622 e. The lowest BCUT2D eigenvalue weighted by atomic mass is 9.49. The zero-order valence-corrected chi connectivity index (χ0v) is 30.0. The molecule has 13 rings (SSSR count). The smallest absolute Gasteiger partial charge is 0.0135 e. The first kappa shape index (κ1) is 30.0. The van der Waals surface area contributed by atoms with Gasteiger partial charge in [0.1, 0.15) is 0 Å². The summed E-state index contributed by atoms with van der Waals surface area (Å²) in [6, 6.07) is 59.9. The predicted octanol–water partition coefficient (Wildman–Crippen LogP) is 14.3. The summed E-state index contributed by atoms with van der Waals surface area (Å²) < 4.78 is 0. The summed E-state index contributed by atoms with van der Waals surface area (Å²) in [5.74, 6) is 4.99. The molecule has 0 spiro atoms. The first-order chi connectivity index (χ1) is 26.3. The first-order valence-corrected chi connectivity index (χ1v) is 20.0. The molecular weight excluding hydrogens is 637 g/mol. The van der Waals surface area contributed by atoms with E-state index in [1.54, 1.807) is 11.1 Å². The molecule has 254 valence electrons. The van der Waals surface area contributed by atoms with Crippen LogP contribution in [0.1, 0.15) is 49.1 Å². The molecule has 53 heavy (non-hydrogen) atoms. The molecule has 0 aliphatic heterocycles. The topological polar surface area (TPSA) is 0 Å². The van der Waals surface area contributed by atoms with Gasteiger partial charge in [0.15, 0.2) is 0 Å². The molecule has 4 saturated carbocycles. The van der Waals surface area contributed by atoms with E-state index in [0.717, 1.165) is 29.6 Å². The third kappa shape index (κ3) is 4.48. The van der Waals surface area contributed by atoms with Gasteiger partial charge in [0, 0.05) is 5.92 Å². The SMILES string of the molecule is c1ccc(-c2cccc(-c3c4ccccc4c(-c4ccc5c(c4)-c4c(ccc6ccccc46)C5C4C5CC6CC(C5)CC4C6)c4ccccc34)c2)cc1. The summed E-state index contributed by atoms with van der Waals surface area (Å²) in [5.41, 5.74) is 13.9. The van der Waals surface area contributed by atoms with Crippen LogP contribution < -0.4 is 0 Å². The van der Waals surface area contributed by atoms with Crippen molar-refractivity contribution in [1.82, 2.24) is 0 Å². The number of hydrogen-bond acceptors (Lipinski definition) is 0. The molecule has 0 amide bonds. The van der Waals surface area contributed by atoms with Crippen molar-refractivity contribution in [2.75, 3.05) is 0 Å². The van der Waals surface area contributed by atoms with Crippen LogP contribution in [0.25, 0.3) is 76.8 Å². The molecule has 5 aliphatic carbocycles. The molecule has 0 nitrogen and oxygen atoms in total.